The van der Waals surface area contributed by atoms with Crippen LogP contribution in [0.4, 0.5) is 0 Å². The zero-order valence-corrected chi connectivity index (χ0v) is 11.1. The lowest BCUT2D eigenvalue weighted by atomic mass is 10.1. The maximum Gasteiger partial charge on any atom is 0.323 e. The van der Waals surface area contributed by atoms with Gasteiger partial charge in [-0.3, -0.25) is 4.79 Å². The van der Waals surface area contributed by atoms with Crippen LogP contribution in [-0.4, -0.2) is 41.5 Å². The van der Waals surface area contributed by atoms with E-state index < -0.39 is 12.0 Å². The molecule has 2 rings (SSSR count). The molecule has 1 saturated heterocycles. The largest absolute Gasteiger partial charge is 0.504 e. The zero-order valence-electron chi connectivity index (χ0n) is 11.1. The van der Waals surface area contributed by atoms with Gasteiger partial charge in [-0.1, -0.05) is 6.07 Å². The Morgan fingerprint density at radius 1 is 1.45 bits per heavy atom. The first-order valence-corrected chi connectivity index (χ1v) is 6.61. The van der Waals surface area contributed by atoms with E-state index in [0.717, 1.165) is 12.8 Å². The van der Waals surface area contributed by atoms with Gasteiger partial charge < -0.3 is 25.4 Å². The van der Waals surface area contributed by atoms with Crippen LogP contribution in [0.5, 0.6) is 11.5 Å². The minimum Gasteiger partial charge on any atom is -0.504 e. The lowest BCUT2D eigenvalue weighted by molar-refractivity contribution is -0.148. The number of rotatable bonds is 5. The number of benzene rings is 1. The molecule has 110 valence electrons. The number of nitrogens with two attached hydrogens (primary N) is 1. The molecule has 2 unspecified atom stereocenters. The van der Waals surface area contributed by atoms with E-state index in [9.17, 15) is 15.0 Å². The van der Waals surface area contributed by atoms with E-state index in [1.54, 1.807) is 6.07 Å². The minimum atomic E-state index is -0.805. The molecule has 1 aromatic carbocycles. The van der Waals surface area contributed by atoms with Gasteiger partial charge in [-0.05, 0) is 37.0 Å². The summed E-state index contributed by atoms with van der Waals surface area (Å²) in [5.74, 6) is -0.932. The standard InChI is InChI=1S/C14H19NO5/c15-11(6-9-3-4-12(16)13(17)7-9)14(18)20-8-10-2-1-5-19-10/h3-4,7,10-11,16-17H,1-2,5-6,8,15H2. The number of aromatic hydroxyl groups is 2. The number of hydrogen-bond donors (Lipinski definition) is 3. The third-order valence-electron chi connectivity index (χ3n) is 3.23. The summed E-state index contributed by atoms with van der Waals surface area (Å²) in [6, 6.07) is 3.53. The van der Waals surface area contributed by atoms with Crippen molar-refractivity contribution in [3.8, 4) is 11.5 Å². The van der Waals surface area contributed by atoms with Gasteiger partial charge in [0.2, 0.25) is 0 Å². The molecule has 1 heterocycles. The second kappa shape index (κ2) is 6.58. The molecule has 1 aliphatic rings. The van der Waals surface area contributed by atoms with Crippen LogP contribution in [0.1, 0.15) is 18.4 Å². The van der Waals surface area contributed by atoms with Crippen LogP contribution in [-0.2, 0) is 20.7 Å². The van der Waals surface area contributed by atoms with E-state index in [1.165, 1.54) is 12.1 Å². The van der Waals surface area contributed by atoms with Crippen molar-refractivity contribution in [2.75, 3.05) is 13.2 Å². The Morgan fingerprint density at radius 3 is 2.90 bits per heavy atom. The van der Waals surface area contributed by atoms with Crippen molar-refractivity contribution < 1.29 is 24.5 Å². The van der Waals surface area contributed by atoms with Gasteiger partial charge in [-0.2, -0.15) is 0 Å². The molecule has 6 nitrogen and oxygen atoms in total. The molecular weight excluding hydrogens is 262 g/mol. The quantitative estimate of drug-likeness (QED) is 0.542. The molecule has 4 N–H and O–H groups in total. The average Bonchev–Trinajstić information content (AvgIpc) is 2.93. The van der Waals surface area contributed by atoms with Gasteiger partial charge in [0.1, 0.15) is 12.6 Å². The van der Waals surface area contributed by atoms with Crippen molar-refractivity contribution >= 4 is 5.97 Å². The number of carbonyl (C=O) groups is 1. The molecule has 0 bridgehead atoms. The van der Waals surface area contributed by atoms with Gasteiger partial charge in [0.25, 0.3) is 0 Å². The molecule has 6 heteroatoms. The molecule has 1 aromatic rings. The van der Waals surface area contributed by atoms with Gasteiger partial charge in [0.05, 0.1) is 6.10 Å². The van der Waals surface area contributed by atoms with Crippen LogP contribution in [0, 0.1) is 0 Å². The van der Waals surface area contributed by atoms with E-state index in [1.807, 2.05) is 0 Å². The first-order valence-electron chi connectivity index (χ1n) is 6.61. The Morgan fingerprint density at radius 2 is 2.25 bits per heavy atom. The van der Waals surface area contributed by atoms with Gasteiger partial charge in [-0.25, -0.2) is 0 Å². The third-order valence-corrected chi connectivity index (χ3v) is 3.23. The van der Waals surface area contributed by atoms with Crippen molar-refractivity contribution in [3.63, 3.8) is 0 Å². The van der Waals surface area contributed by atoms with Gasteiger partial charge in [-0.15, -0.1) is 0 Å². The van der Waals surface area contributed by atoms with Crippen molar-refractivity contribution in [1.82, 2.24) is 0 Å². The summed E-state index contributed by atoms with van der Waals surface area (Å²) in [7, 11) is 0. The molecule has 0 saturated carbocycles. The van der Waals surface area contributed by atoms with Crippen LogP contribution in [0.15, 0.2) is 18.2 Å². The Bertz CT molecular complexity index is 471. The molecule has 0 aliphatic carbocycles. The smallest absolute Gasteiger partial charge is 0.323 e. The van der Waals surface area contributed by atoms with E-state index >= 15 is 0 Å². The molecule has 0 amide bonds. The maximum atomic E-state index is 11.7. The first kappa shape index (κ1) is 14.6. The normalized spacial score (nSPS) is 19.8. The molecule has 0 radical (unpaired) electrons. The van der Waals surface area contributed by atoms with Crippen molar-refractivity contribution in [3.05, 3.63) is 23.8 Å². The third kappa shape index (κ3) is 3.85. The Balaban J connectivity index is 1.81. The summed E-state index contributed by atoms with van der Waals surface area (Å²) >= 11 is 0. The number of esters is 1. The molecule has 2 atom stereocenters. The predicted molar refractivity (Wildman–Crippen MR) is 71.4 cm³/mol. The lowest BCUT2D eigenvalue weighted by Gasteiger charge is -2.14. The van der Waals surface area contributed by atoms with Crippen LogP contribution in [0.25, 0.3) is 0 Å². The highest BCUT2D eigenvalue weighted by molar-refractivity contribution is 5.76. The summed E-state index contributed by atoms with van der Waals surface area (Å²) in [6.07, 6.45) is 2.09. The Hall–Kier alpha value is -1.79. The Kier molecular flexibility index (Phi) is 4.81. The molecule has 0 aromatic heterocycles. The highest BCUT2D eigenvalue weighted by Crippen LogP contribution is 2.25. The summed E-state index contributed by atoms with van der Waals surface area (Å²) in [6.45, 7) is 0.939. The van der Waals surface area contributed by atoms with E-state index in [4.69, 9.17) is 15.2 Å². The molecule has 20 heavy (non-hydrogen) atoms. The first-order chi connectivity index (χ1) is 9.56. The SMILES string of the molecule is NC(Cc1ccc(O)c(O)c1)C(=O)OCC1CCCO1. The number of carbonyl (C=O) groups excluding carboxylic acids is 1. The molecule has 0 spiro atoms. The van der Waals surface area contributed by atoms with Crippen molar-refractivity contribution in [2.45, 2.75) is 31.4 Å². The van der Waals surface area contributed by atoms with Crippen molar-refractivity contribution in [1.29, 1.82) is 0 Å². The minimum absolute atomic E-state index is 0.0242. The topological polar surface area (TPSA) is 102 Å². The Labute approximate surface area is 117 Å². The molecule has 1 fully saturated rings. The average molecular weight is 281 g/mol. The van der Waals surface area contributed by atoms with Crippen LogP contribution >= 0.6 is 0 Å². The van der Waals surface area contributed by atoms with Gasteiger partial charge >= 0.3 is 5.97 Å². The van der Waals surface area contributed by atoms with E-state index in [-0.39, 0.29) is 30.6 Å². The summed E-state index contributed by atoms with van der Waals surface area (Å²) in [5, 5.41) is 18.6. The summed E-state index contributed by atoms with van der Waals surface area (Å²) in [4.78, 5) is 11.7. The predicted octanol–water partition coefficient (Wildman–Crippen LogP) is 0.690. The summed E-state index contributed by atoms with van der Waals surface area (Å²) in [5.41, 5.74) is 6.42. The van der Waals surface area contributed by atoms with E-state index in [0.29, 0.717) is 12.2 Å². The number of hydrogen-bond acceptors (Lipinski definition) is 6. The van der Waals surface area contributed by atoms with Crippen LogP contribution in [0.3, 0.4) is 0 Å². The maximum absolute atomic E-state index is 11.7. The second-order valence-electron chi connectivity index (χ2n) is 4.90. The van der Waals surface area contributed by atoms with Gasteiger partial charge in [0, 0.05) is 6.61 Å². The van der Waals surface area contributed by atoms with Crippen LogP contribution in [0.2, 0.25) is 0 Å². The molecular formula is C14H19NO5. The number of phenols is 2. The van der Waals surface area contributed by atoms with Crippen molar-refractivity contribution in [2.24, 2.45) is 5.73 Å². The number of phenolic OH excluding ortho intramolecular Hbond substituents is 2. The molecule has 1 aliphatic heterocycles. The fraction of sp³-hybridized carbons (Fsp3) is 0.500. The van der Waals surface area contributed by atoms with Crippen LogP contribution < -0.4 is 5.73 Å². The van der Waals surface area contributed by atoms with E-state index in [2.05, 4.69) is 0 Å². The highest BCUT2D eigenvalue weighted by Gasteiger charge is 2.21. The zero-order chi connectivity index (χ0) is 14.5. The monoisotopic (exact) mass is 281 g/mol. The fourth-order valence-corrected chi connectivity index (χ4v) is 2.09. The van der Waals surface area contributed by atoms with Gasteiger partial charge in [0.15, 0.2) is 11.5 Å². The second-order valence-corrected chi connectivity index (χ2v) is 4.90. The highest BCUT2D eigenvalue weighted by atomic mass is 16.6. The lowest BCUT2D eigenvalue weighted by Crippen LogP contribution is -2.35. The fourth-order valence-electron chi connectivity index (χ4n) is 2.09. The summed E-state index contributed by atoms with van der Waals surface area (Å²) < 4.78 is 10.5. The number of ether oxygens (including phenoxy) is 2.